The number of nitrogens with one attached hydrogen (secondary N) is 2. The number of morpholine rings is 1. The van der Waals surface area contributed by atoms with Gasteiger partial charge in [-0.1, -0.05) is 18.2 Å². The lowest BCUT2D eigenvalue weighted by Crippen LogP contribution is -2.48. The number of ether oxygens (including phenoxy) is 1. The van der Waals surface area contributed by atoms with Crippen LogP contribution in [0.3, 0.4) is 0 Å². The molecule has 6 nitrogen and oxygen atoms in total. The van der Waals surface area contributed by atoms with E-state index >= 15 is 0 Å². The minimum absolute atomic E-state index is 0. The van der Waals surface area contributed by atoms with Gasteiger partial charge in [0.2, 0.25) is 5.91 Å². The highest BCUT2D eigenvalue weighted by molar-refractivity contribution is 5.94. The molecular weight excluding hydrogens is 292 g/mol. The number of carbonyl (C=O) groups excluding carboxylic acids is 1. The predicted molar refractivity (Wildman–Crippen MR) is 82.1 cm³/mol. The Morgan fingerprint density at radius 2 is 2.14 bits per heavy atom. The van der Waals surface area contributed by atoms with Crippen LogP contribution in [-0.2, 0) is 9.53 Å². The van der Waals surface area contributed by atoms with Crippen LogP contribution >= 0.6 is 12.4 Å². The van der Waals surface area contributed by atoms with Gasteiger partial charge in [0.05, 0.1) is 18.9 Å². The fourth-order valence-electron chi connectivity index (χ4n) is 2.06. The molecule has 1 aliphatic heterocycles. The zero-order valence-corrected chi connectivity index (χ0v) is 12.2. The highest BCUT2D eigenvalue weighted by atomic mass is 35.5. The molecule has 1 amide bonds. The summed E-state index contributed by atoms with van der Waals surface area (Å²) in [5.74, 6) is 0.411. The molecular formula is C14H17ClN4O2. The molecule has 7 heteroatoms. The first-order valence-electron chi connectivity index (χ1n) is 6.56. The lowest BCUT2D eigenvalue weighted by molar-refractivity contribution is -0.120. The summed E-state index contributed by atoms with van der Waals surface area (Å²) in [5, 5.41) is 10.2. The van der Waals surface area contributed by atoms with E-state index in [1.807, 2.05) is 36.5 Å². The van der Waals surface area contributed by atoms with E-state index in [0.717, 1.165) is 5.69 Å². The molecule has 3 rings (SSSR count). The molecule has 1 unspecified atom stereocenters. The van der Waals surface area contributed by atoms with Crippen LogP contribution in [0.2, 0.25) is 0 Å². The van der Waals surface area contributed by atoms with Crippen molar-refractivity contribution in [2.24, 2.45) is 0 Å². The van der Waals surface area contributed by atoms with E-state index in [2.05, 4.69) is 15.7 Å². The van der Waals surface area contributed by atoms with Crippen LogP contribution in [0.4, 0.5) is 5.82 Å². The summed E-state index contributed by atoms with van der Waals surface area (Å²) in [6.07, 6.45) is 1.82. The Kier molecular flexibility index (Phi) is 5.32. The molecule has 112 valence electrons. The van der Waals surface area contributed by atoms with Gasteiger partial charge in [0.15, 0.2) is 5.82 Å². The molecule has 2 heterocycles. The number of anilines is 1. The number of amides is 1. The Morgan fingerprint density at radius 3 is 2.86 bits per heavy atom. The summed E-state index contributed by atoms with van der Waals surface area (Å²) in [7, 11) is 0. The molecule has 0 spiro atoms. The lowest BCUT2D eigenvalue weighted by Gasteiger charge is -2.22. The fraction of sp³-hybridized carbons (Fsp3) is 0.286. The van der Waals surface area contributed by atoms with Crippen molar-refractivity contribution < 1.29 is 9.53 Å². The normalized spacial score (nSPS) is 17.8. The number of halogens is 1. The summed E-state index contributed by atoms with van der Waals surface area (Å²) in [4.78, 5) is 12.0. The zero-order chi connectivity index (χ0) is 13.8. The van der Waals surface area contributed by atoms with Crippen LogP contribution in [0.5, 0.6) is 0 Å². The molecule has 1 atom stereocenters. The quantitative estimate of drug-likeness (QED) is 0.894. The van der Waals surface area contributed by atoms with E-state index in [-0.39, 0.29) is 24.4 Å². The van der Waals surface area contributed by atoms with Crippen molar-refractivity contribution in [3.63, 3.8) is 0 Å². The molecule has 1 aromatic heterocycles. The molecule has 0 saturated carbocycles. The molecule has 1 aliphatic rings. The van der Waals surface area contributed by atoms with Gasteiger partial charge in [0, 0.05) is 18.8 Å². The molecule has 1 saturated heterocycles. The zero-order valence-electron chi connectivity index (χ0n) is 11.4. The second-order valence-corrected chi connectivity index (χ2v) is 4.55. The second-order valence-electron chi connectivity index (χ2n) is 4.55. The smallest absolute Gasteiger partial charge is 0.245 e. The van der Waals surface area contributed by atoms with Crippen molar-refractivity contribution in [2.75, 3.05) is 25.1 Å². The predicted octanol–water partition coefficient (Wildman–Crippen LogP) is 1.22. The average molecular weight is 309 g/mol. The van der Waals surface area contributed by atoms with Crippen molar-refractivity contribution in [1.82, 2.24) is 15.1 Å². The van der Waals surface area contributed by atoms with Gasteiger partial charge >= 0.3 is 0 Å². The number of benzene rings is 1. The minimum atomic E-state index is -0.314. The van der Waals surface area contributed by atoms with Gasteiger partial charge in [-0.15, -0.1) is 12.4 Å². The van der Waals surface area contributed by atoms with Gasteiger partial charge in [0.1, 0.15) is 6.04 Å². The van der Waals surface area contributed by atoms with Crippen LogP contribution < -0.4 is 10.6 Å². The molecule has 2 aromatic rings. The van der Waals surface area contributed by atoms with Crippen LogP contribution in [0.25, 0.3) is 5.69 Å². The Balaban J connectivity index is 0.00000161. The van der Waals surface area contributed by atoms with Crippen molar-refractivity contribution in [3.8, 4) is 5.69 Å². The standard InChI is InChI=1S/C14H16N4O2.ClH/c19-14(12-10-20-9-7-15-12)16-13-6-8-18(17-13)11-4-2-1-3-5-11;/h1-6,8,12,15H,7,9-10H2,(H,16,17,19);1H. The van der Waals surface area contributed by atoms with E-state index in [4.69, 9.17) is 4.74 Å². The number of hydrogen-bond donors (Lipinski definition) is 2. The lowest BCUT2D eigenvalue weighted by atomic mass is 10.2. The summed E-state index contributed by atoms with van der Waals surface area (Å²) in [6, 6.07) is 11.2. The van der Waals surface area contributed by atoms with Gasteiger partial charge in [0.25, 0.3) is 0 Å². The first-order valence-corrected chi connectivity index (χ1v) is 6.56. The second kappa shape index (κ2) is 7.21. The fourth-order valence-corrected chi connectivity index (χ4v) is 2.06. The molecule has 2 N–H and O–H groups in total. The Labute approximate surface area is 128 Å². The van der Waals surface area contributed by atoms with Crippen molar-refractivity contribution in [3.05, 3.63) is 42.6 Å². The topological polar surface area (TPSA) is 68.2 Å². The number of rotatable bonds is 3. The van der Waals surface area contributed by atoms with Gasteiger partial charge < -0.3 is 15.4 Å². The van der Waals surface area contributed by atoms with Crippen molar-refractivity contribution in [2.45, 2.75) is 6.04 Å². The third-order valence-electron chi connectivity index (χ3n) is 3.10. The summed E-state index contributed by atoms with van der Waals surface area (Å²) < 4.78 is 6.99. The van der Waals surface area contributed by atoms with Crippen LogP contribution in [-0.4, -0.2) is 41.5 Å². The number of para-hydroxylation sites is 1. The number of hydrogen-bond acceptors (Lipinski definition) is 4. The maximum atomic E-state index is 12.0. The van der Waals surface area contributed by atoms with Crippen LogP contribution in [0.1, 0.15) is 0 Å². The summed E-state index contributed by atoms with van der Waals surface area (Å²) in [5.41, 5.74) is 0.951. The van der Waals surface area contributed by atoms with E-state index in [1.165, 1.54) is 0 Å². The first kappa shape index (κ1) is 15.5. The molecule has 0 radical (unpaired) electrons. The molecule has 0 aliphatic carbocycles. The third-order valence-corrected chi connectivity index (χ3v) is 3.10. The largest absolute Gasteiger partial charge is 0.378 e. The van der Waals surface area contributed by atoms with Gasteiger partial charge in [-0.2, -0.15) is 5.10 Å². The van der Waals surface area contributed by atoms with Crippen molar-refractivity contribution in [1.29, 1.82) is 0 Å². The Morgan fingerprint density at radius 1 is 1.33 bits per heavy atom. The van der Waals surface area contributed by atoms with Gasteiger partial charge in [-0.25, -0.2) is 4.68 Å². The van der Waals surface area contributed by atoms with Crippen LogP contribution in [0, 0.1) is 0 Å². The Hall–Kier alpha value is -1.89. The van der Waals surface area contributed by atoms with E-state index in [9.17, 15) is 4.79 Å². The minimum Gasteiger partial charge on any atom is -0.378 e. The highest BCUT2D eigenvalue weighted by Gasteiger charge is 2.21. The maximum absolute atomic E-state index is 12.0. The highest BCUT2D eigenvalue weighted by Crippen LogP contribution is 2.10. The monoisotopic (exact) mass is 308 g/mol. The average Bonchev–Trinajstić information content (AvgIpc) is 2.97. The number of aromatic nitrogens is 2. The van der Waals surface area contributed by atoms with E-state index in [0.29, 0.717) is 25.6 Å². The van der Waals surface area contributed by atoms with Crippen LogP contribution in [0.15, 0.2) is 42.6 Å². The molecule has 21 heavy (non-hydrogen) atoms. The van der Waals surface area contributed by atoms with E-state index in [1.54, 1.807) is 10.7 Å². The first-order chi connectivity index (χ1) is 9.83. The van der Waals surface area contributed by atoms with Gasteiger partial charge in [-0.05, 0) is 12.1 Å². The van der Waals surface area contributed by atoms with Crippen molar-refractivity contribution >= 4 is 24.1 Å². The summed E-state index contributed by atoms with van der Waals surface area (Å²) >= 11 is 0. The molecule has 0 bridgehead atoms. The Bertz CT molecular complexity index is 582. The summed E-state index contributed by atoms with van der Waals surface area (Å²) in [6.45, 7) is 1.73. The molecule has 1 fully saturated rings. The SMILES string of the molecule is Cl.O=C(Nc1ccn(-c2ccccc2)n1)C1COCCN1. The van der Waals surface area contributed by atoms with Gasteiger partial charge in [-0.3, -0.25) is 4.79 Å². The number of carbonyl (C=O) groups is 1. The third kappa shape index (κ3) is 3.81. The molecule has 1 aromatic carbocycles. The van der Waals surface area contributed by atoms with E-state index < -0.39 is 0 Å². The maximum Gasteiger partial charge on any atom is 0.245 e. The number of nitrogens with zero attached hydrogens (tertiary/aromatic N) is 2.